The molecule has 1 heterocycles. The first kappa shape index (κ1) is 14.8. The molecular formula is C13H15F3N2O2. The molecule has 0 spiro atoms. The van der Waals surface area contributed by atoms with Gasteiger partial charge in [0.25, 0.3) is 0 Å². The third-order valence-corrected chi connectivity index (χ3v) is 2.69. The fourth-order valence-corrected chi connectivity index (χ4v) is 1.83. The molecule has 110 valence electrons. The average molecular weight is 288 g/mol. The fraction of sp³-hybridized carbons (Fsp3) is 0.462. The van der Waals surface area contributed by atoms with Gasteiger partial charge in [-0.2, -0.15) is 13.2 Å². The number of imidazole rings is 1. The van der Waals surface area contributed by atoms with Gasteiger partial charge in [-0.05, 0) is 32.0 Å². The van der Waals surface area contributed by atoms with Crippen molar-refractivity contribution in [1.82, 2.24) is 9.97 Å². The van der Waals surface area contributed by atoms with Crippen molar-refractivity contribution in [2.24, 2.45) is 0 Å². The predicted octanol–water partition coefficient (Wildman–Crippen LogP) is 3.65. The van der Waals surface area contributed by atoms with Crippen molar-refractivity contribution in [1.29, 1.82) is 0 Å². The number of aromatic amines is 1. The maximum atomic E-state index is 12.6. The highest BCUT2D eigenvalue weighted by molar-refractivity contribution is 5.76. The normalized spacial score (nSPS) is 12.5. The third-order valence-electron chi connectivity index (χ3n) is 2.69. The summed E-state index contributed by atoms with van der Waals surface area (Å²) in [5.74, 6) is 0.364. The van der Waals surface area contributed by atoms with Crippen molar-refractivity contribution in [3.63, 3.8) is 0 Å². The van der Waals surface area contributed by atoms with Crippen LogP contribution in [0.15, 0.2) is 18.2 Å². The van der Waals surface area contributed by atoms with Gasteiger partial charge in [0.05, 0.1) is 16.6 Å². The lowest BCUT2D eigenvalue weighted by Gasteiger charge is -2.13. The topological polar surface area (TPSA) is 47.1 Å². The minimum absolute atomic E-state index is 0.305. The van der Waals surface area contributed by atoms with Crippen LogP contribution < -0.4 is 0 Å². The summed E-state index contributed by atoms with van der Waals surface area (Å²) >= 11 is 0. The van der Waals surface area contributed by atoms with E-state index in [-0.39, 0.29) is 0 Å². The summed E-state index contributed by atoms with van der Waals surface area (Å²) < 4.78 is 48.6. The third kappa shape index (κ3) is 3.10. The Kier molecular flexibility index (Phi) is 4.29. The number of rotatable bonds is 5. The van der Waals surface area contributed by atoms with Crippen LogP contribution in [-0.4, -0.2) is 23.2 Å². The molecule has 0 radical (unpaired) electrons. The molecule has 0 aliphatic heterocycles. The molecule has 1 aromatic carbocycles. The SMILES string of the molecule is CCOC(OCC)c1nc2ccc(C(F)(F)F)cc2[nH]1. The van der Waals surface area contributed by atoms with Gasteiger partial charge >= 0.3 is 6.18 Å². The summed E-state index contributed by atoms with van der Waals surface area (Å²) in [7, 11) is 0. The highest BCUT2D eigenvalue weighted by Crippen LogP contribution is 2.31. The van der Waals surface area contributed by atoms with Gasteiger partial charge in [0, 0.05) is 13.2 Å². The fourth-order valence-electron chi connectivity index (χ4n) is 1.83. The molecule has 0 aliphatic carbocycles. The molecule has 2 rings (SSSR count). The second kappa shape index (κ2) is 5.80. The zero-order valence-corrected chi connectivity index (χ0v) is 11.1. The van der Waals surface area contributed by atoms with Crippen molar-refractivity contribution in [2.45, 2.75) is 26.3 Å². The monoisotopic (exact) mass is 288 g/mol. The zero-order chi connectivity index (χ0) is 14.8. The Hall–Kier alpha value is -1.60. The van der Waals surface area contributed by atoms with E-state index >= 15 is 0 Å². The van der Waals surface area contributed by atoms with E-state index in [4.69, 9.17) is 9.47 Å². The largest absolute Gasteiger partial charge is 0.416 e. The lowest BCUT2D eigenvalue weighted by atomic mass is 10.2. The van der Waals surface area contributed by atoms with Gasteiger partial charge in [0.1, 0.15) is 0 Å². The van der Waals surface area contributed by atoms with Gasteiger partial charge in [-0.1, -0.05) is 0 Å². The van der Waals surface area contributed by atoms with Gasteiger partial charge in [-0.15, -0.1) is 0 Å². The number of nitrogens with zero attached hydrogens (tertiary/aromatic N) is 1. The first-order chi connectivity index (χ1) is 9.45. The lowest BCUT2D eigenvalue weighted by molar-refractivity contribution is -0.144. The van der Waals surface area contributed by atoms with Crippen LogP contribution in [0.3, 0.4) is 0 Å². The van der Waals surface area contributed by atoms with Crippen LogP contribution in [0.25, 0.3) is 11.0 Å². The molecule has 0 amide bonds. The highest BCUT2D eigenvalue weighted by Gasteiger charge is 2.31. The lowest BCUT2D eigenvalue weighted by Crippen LogP contribution is -2.10. The number of fused-ring (bicyclic) bond motifs is 1. The molecule has 0 saturated carbocycles. The Labute approximate surface area is 113 Å². The van der Waals surface area contributed by atoms with Crippen LogP contribution in [0.4, 0.5) is 13.2 Å². The molecule has 0 saturated heterocycles. The first-order valence-electron chi connectivity index (χ1n) is 6.25. The maximum absolute atomic E-state index is 12.6. The van der Waals surface area contributed by atoms with E-state index in [2.05, 4.69) is 9.97 Å². The summed E-state index contributed by atoms with van der Waals surface area (Å²) in [5.41, 5.74) is 0.0289. The number of nitrogens with one attached hydrogen (secondary N) is 1. The standard InChI is InChI=1S/C13H15F3N2O2/c1-3-19-12(20-4-2)11-17-9-6-5-8(13(14,15)16)7-10(9)18-11/h5-7,12H,3-4H2,1-2H3,(H,17,18). The number of H-pyrrole nitrogens is 1. The van der Waals surface area contributed by atoms with Crippen LogP contribution >= 0.6 is 0 Å². The molecule has 20 heavy (non-hydrogen) atoms. The van der Waals surface area contributed by atoms with E-state index in [0.717, 1.165) is 12.1 Å². The number of halogens is 3. The van der Waals surface area contributed by atoms with E-state index in [9.17, 15) is 13.2 Å². The molecule has 0 bridgehead atoms. The Bertz CT molecular complexity index is 574. The summed E-state index contributed by atoms with van der Waals surface area (Å²) in [5, 5.41) is 0. The molecule has 4 nitrogen and oxygen atoms in total. The van der Waals surface area contributed by atoms with Gasteiger partial charge in [0.15, 0.2) is 5.82 Å². The minimum atomic E-state index is -4.38. The Balaban J connectivity index is 2.37. The minimum Gasteiger partial charge on any atom is -0.346 e. The molecule has 1 N–H and O–H groups in total. The van der Waals surface area contributed by atoms with Gasteiger partial charge in [-0.3, -0.25) is 0 Å². The molecule has 2 aromatic rings. The predicted molar refractivity (Wildman–Crippen MR) is 67.1 cm³/mol. The van der Waals surface area contributed by atoms with Crippen LogP contribution in [0.1, 0.15) is 31.5 Å². The number of ether oxygens (including phenoxy) is 2. The number of aromatic nitrogens is 2. The average Bonchev–Trinajstić information content (AvgIpc) is 2.80. The van der Waals surface area contributed by atoms with Gasteiger partial charge < -0.3 is 14.5 Å². The van der Waals surface area contributed by atoms with Crippen molar-refractivity contribution in [3.05, 3.63) is 29.6 Å². The van der Waals surface area contributed by atoms with Crippen molar-refractivity contribution in [2.75, 3.05) is 13.2 Å². The number of alkyl halides is 3. The zero-order valence-electron chi connectivity index (χ0n) is 11.1. The van der Waals surface area contributed by atoms with Crippen LogP contribution in [0.2, 0.25) is 0 Å². The number of benzene rings is 1. The van der Waals surface area contributed by atoms with E-state index in [1.54, 1.807) is 13.8 Å². The van der Waals surface area contributed by atoms with Crippen molar-refractivity contribution in [3.8, 4) is 0 Å². The molecule has 0 unspecified atom stereocenters. The van der Waals surface area contributed by atoms with E-state index < -0.39 is 18.0 Å². The summed E-state index contributed by atoms with van der Waals surface area (Å²) in [6.07, 6.45) is -5.08. The molecular weight excluding hydrogens is 273 g/mol. The van der Waals surface area contributed by atoms with E-state index in [1.165, 1.54) is 6.07 Å². The van der Waals surface area contributed by atoms with Crippen molar-refractivity contribution < 1.29 is 22.6 Å². The van der Waals surface area contributed by atoms with Gasteiger partial charge in [0.2, 0.25) is 6.29 Å². The molecule has 0 aliphatic rings. The first-order valence-corrected chi connectivity index (χ1v) is 6.25. The maximum Gasteiger partial charge on any atom is 0.416 e. The number of hydrogen-bond acceptors (Lipinski definition) is 3. The molecule has 0 atom stereocenters. The Morgan fingerprint density at radius 3 is 2.40 bits per heavy atom. The van der Waals surface area contributed by atoms with Gasteiger partial charge in [-0.25, -0.2) is 4.98 Å². The highest BCUT2D eigenvalue weighted by atomic mass is 19.4. The summed E-state index contributed by atoms with van der Waals surface area (Å²) in [4.78, 5) is 7.02. The second-order valence-electron chi connectivity index (χ2n) is 4.09. The Morgan fingerprint density at radius 2 is 1.85 bits per heavy atom. The number of hydrogen-bond donors (Lipinski definition) is 1. The molecule has 1 aromatic heterocycles. The van der Waals surface area contributed by atoms with Crippen LogP contribution in [0, 0.1) is 0 Å². The molecule has 7 heteroatoms. The second-order valence-corrected chi connectivity index (χ2v) is 4.09. The van der Waals surface area contributed by atoms with E-state index in [1.807, 2.05) is 0 Å². The molecule has 0 fully saturated rings. The van der Waals surface area contributed by atoms with Crippen LogP contribution in [0.5, 0.6) is 0 Å². The quantitative estimate of drug-likeness (QED) is 0.854. The smallest absolute Gasteiger partial charge is 0.346 e. The van der Waals surface area contributed by atoms with Crippen molar-refractivity contribution >= 4 is 11.0 Å². The van der Waals surface area contributed by atoms with E-state index in [0.29, 0.717) is 30.1 Å². The summed E-state index contributed by atoms with van der Waals surface area (Å²) in [6, 6.07) is 3.36. The summed E-state index contributed by atoms with van der Waals surface area (Å²) in [6.45, 7) is 4.43. The Morgan fingerprint density at radius 1 is 1.20 bits per heavy atom. The van der Waals surface area contributed by atoms with Crippen LogP contribution in [-0.2, 0) is 15.7 Å².